The third kappa shape index (κ3) is 5.14. The van der Waals surface area contributed by atoms with Gasteiger partial charge in [0.15, 0.2) is 0 Å². The molecule has 3 nitrogen and oxygen atoms in total. The Morgan fingerprint density at radius 1 is 1.14 bits per heavy atom. The van der Waals surface area contributed by atoms with Crippen LogP contribution in [0.2, 0.25) is 0 Å². The van der Waals surface area contributed by atoms with Crippen molar-refractivity contribution in [1.82, 2.24) is 10.3 Å². The van der Waals surface area contributed by atoms with E-state index in [9.17, 15) is 0 Å². The number of unbranched alkanes of at least 4 members (excludes halogenated alkanes) is 2. The number of rotatable bonds is 9. The number of hydrogen-bond donors (Lipinski definition) is 1. The van der Waals surface area contributed by atoms with Crippen molar-refractivity contribution in [3.8, 4) is 17.0 Å². The number of nitrogens with zero attached hydrogens (tertiary/aromatic N) is 1. The molecule has 0 bridgehead atoms. The third-order valence-electron chi connectivity index (χ3n) is 3.41. The van der Waals surface area contributed by atoms with E-state index in [0.717, 1.165) is 36.5 Å². The predicted octanol–water partition coefficient (Wildman–Crippen LogP) is 4.14. The van der Waals surface area contributed by atoms with Crippen LogP contribution >= 0.6 is 11.3 Å². The van der Waals surface area contributed by atoms with Crippen LogP contribution in [-0.2, 0) is 6.42 Å². The van der Waals surface area contributed by atoms with Crippen LogP contribution in [0.5, 0.6) is 5.75 Å². The monoisotopic (exact) mass is 304 g/mol. The van der Waals surface area contributed by atoms with Gasteiger partial charge in [-0.15, -0.1) is 11.3 Å². The third-order valence-corrected chi connectivity index (χ3v) is 4.32. The summed E-state index contributed by atoms with van der Waals surface area (Å²) in [6, 6.07) is 8.06. The van der Waals surface area contributed by atoms with Crippen molar-refractivity contribution in [2.24, 2.45) is 0 Å². The van der Waals surface area contributed by atoms with E-state index in [1.54, 1.807) is 18.4 Å². The summed E-state index contributed by atoms with van der Waals surface area (Å²) in [6.07, 6.45) is 4.86. The highest BCUT2D eigenvalue weighted by Gasteiger charge is 2.04. The molecule has 21 heavy (non-hydrogen) atoms. The van der Waals surface area contributed by atoms with Crippen LogP contribution in [-0.4, -0.2) is 25.2 Å². The fraction of sp³-hybridized carbons (Fsp3) is 0.471. The molecule has 0 radical (unpaired) electrons. The zero-order valence-corrected chi connectivity index (χ0v) is 13.7. The number of benzene rings is 1. The topological polar surface area (TPSA) is 34.2 Å². The molecule has 114 valence electrons. The molecule has 2 rings (SSSR count). The van der Waals surface area contributed by atoms with Gasteiger partial charge in [0.1, 0.15) is 5.75 Å². The molecule has 0 fully saturated rings. The maximum Gasteiger partial charge on any atom is 0.118 e. The second kappa shape index (κ2) is 8.80. The average Bonchev–Trinajstić information content (AvgIpc) is 3.00. The van der Waals surface area contributed by atoms with E-state index < -0.39 is 0 Å². The van der Waals surface area contributed by atoms with E-state index in [1.807, 2.05) is 12.1 Å². The summed E-state index contributed by atoms with van der Waals surface area (Å²) in [5.41, 5.74) is 2.21. The lowest BCUT2D eigenvalue weighted by Gasteiger charge is -2.02. The minimum absolute atomic E-state index is 0.880. The quantitative estimate of drug-likeness (QED) is 0.707. The van der Waals surface area contributed by atoms with E-state index in [4.69, 9.17) is 9.72 Å². The molecule has 0 aliphatic carbocycles. The summed E-state index contributed by atoms with van der Waals surface area (Å²) in [4.78, 5) is 4.71. The molecule has 0 aliphatic rings. The van der Waals surface area contributed by atoms with Gasteiger partial charge in [0.2, 0.25) is 0 Å². The Morgan fingerprint density at radius 3 is 2.67 bits per heavy atom. The van der Waals surface area contributed by atoms with Crippen molar-refractivity contribution in [1.29, 1.82) is 0 Å². The van der Waals surface area contributed by atoms with E-state index in [2.05, 4.69) is 29.8 Å². The zero-order valence-electron chi connectivity index (χ0n) is 12.9. The summed E-state index contributed by atoms with van der Waals surface area (Å²) in [5.74, 6) is 0.880. The molecule has 0 saturated carbocycles. The Bertz CT molecular complexity index is 522. The highest BCUT2D eigenvalue weighted by atomic mass is 32.1. The first kappa shape index (κ1) is 16.0. The van der Waals surface area contributed by atoms with Crippen molar-refractivity contribution in [3.05, 3.63) is 34.7 Å². The van der Waals surface area contributed by atoms with Gasteiger partial charge in [-0.25, -0.2) is 4.98 Å². The summed E-state index contributed by atoms with van der Waals surface area (Å²) in [7, 11) is 1.68. The first-order valence-electron chi connectivity index (χ1n) is 7.63. The highest BCUT2D eigenvalue weighted by Crippen LogP contribution is 2.24. The first-order valence-corrected chi connectivity index (χ1v) is 8.51. The molecule has 0 saturated heterocycles. The first-order chi connectivity index (χ1) is 10.3. The van der Waals surface area contributed by atoms with Crippen molar-refractivity contribution in [2.45, 2.75) is 32.6 Å². The minimum Gasteiger partial charge on any atom is -0.497 e. The van der Waals surface area contributed by atoms with Gasteiger partial charge >= 0.3 is 0 Å². The molecule has 0 spiro atoms. The van der Waals surface area contributed by atoms with Crippen LogP contribution in [0.15, 0.2) is 29.6 Å². The largest absolute Gasteiger partial charge is 0.497 e. The molecular formula is C17H24N2OS. The Morgan fingerprint density at radius 2 is 1.95 bits per heavy atom. The molecule has 1 aromatic heterocycles. The lowest BCUT2D eigenvalue weighted by Crippen LogP contribution is -2.18. The molecule has 0 aliphatic heterocycles. The van der Waals surface area contributed by atoms with Gasteiger partial charge in [-0.05, 0) is 37.2 Å². The molecular weight excluding hydrogens is 280 g/mol. The van der Waals surface area contributed by atoms with Crippen LogP contribution in [0.25, 0.3) is 11.3 Å². The van der Waals surface area contributed by atoms with Crippen LogP contribution in [0.1, 0.15) is 31.2 Å². The Labute approximate surface area is 131 Å². The Hall–Kier alpha value is -1.39. The van der Waals surface area contributed by atoms with Gasteiger partial charge in [0.05, 0.1) is 17.8 Å². The van der Waals surface area contributed by atoms with Crippen LogP contribution in [0, 0.1) is 0 Å². The van der Waals surface area contributed by atoms with Crippen molar-refractivity contribution >= 4 is 11.3 Å². The fourth-order valence-electron chi connectivity index (χ4n) is 2.14. The van der Waals surface area contributed by atoms with Gasteiger partial charge in [-0.2, -0.15) is 0 Å². The van der Waals surface area contributed by atoms with Gasteiger partial charge in [-0.3, -0.25) is 0 Å². The standard InChI is InChI=1S/C17H24N2OS/c1-3-4-5-11-18-12-10-17-19-16(13-21-17)14-6-8-15(20-2)9-7-14/h6-9,13,18H,3-5,10-12H2,1-2H3. The number of nitrogens with one attached hydrogen (secondary N) is 1. The maximum absolute atomic E-state index is 5.18. The van der Waals surface area contributed by atoms with Crippen molar-refractivity contribution in [3.63, 3.8) is 0 Å². The Kier molecular flexibility index (Phi) is 6.70. The lowest BCUT2D eigenvalue weighted by atomic mass is 10.2. The SMILES string of the molecule is CCCCCNCCc1nc(-c2ccc(OC)cc2)cs1. The molecule has 1 N–H and O–H groups in total. The normalized spacial score (nSPS) is 10.8. The maximum atomic E-state index is 5.18. The minimum atomic E-state index is 0.880. The highest BCUT2D eigenvalue weighted by molar-refractivity contribution is 7.09. The lowest BCUT2D eigenvalue weighted by molar-refractivity contribution is 0.415. The van der Waals surface area contributed by atoms with E-state index in [1.165, 1.54) is 24.3 Å². The molecule has 1 aromatic carbocycles. The number of thiazole rings is 1. The molecule has 0 amide bonds. The van der Waals surface area contributed by atoms with Gasteiger partial charge in [-0.1, -0.05) is 19.8 Å². The van der Waals surface area contributed by atoms with Gasteiger partial charge in [0, 0.05) is 23.9 Å². The second-order valence-corrected chi connectivity index (χ2v) is 6.00. The van der Waals surface area contributed by atoms with Crippen LogP contribution < -0.4 is 10.1 Å². The van der Waals surface area contributed by atoms with E-state index in [-0.39, 0.29) is 0 Å². The number of ether oxygens (including phenoxy) is 1. The van der Waals surface area contributed by atoms with Crippen LogP contribution in [0.4, 0.5) is 0 Å². The molecule has 0 atom stereocenters. The number of methoxy groups -OCH3 is 1. The number of hydrogen-bond acceptors (Lipinski definition) is 4. The summed E-state index contributed by atoms with van der Waals surface area (Å²) < 4.78 is 5.18. The molecule has 4 heteroatoms. The van der Waals surface area contributed by atoms with Crippen LogP contribution in [0.3, 0.4) is 0 Å². The summed E-state index contributed by atoms with van der Waals surface area (Å²) >= 11 is 1.74. The van der Waals surface area contributed by atoms with Crippen molar-refractivity contribution in [2.75, 3.05) is 20.2 Å². The smallest absolute Gasteiger partial charge is 0.118 e. The summed E-state index contributed by atoms with van der Waals surface area (Å²) in [6.45, 7) is 4.36. The average molecular weight is 304 g/mol. The fourth-order valence-corrected chi connectivity index (χ4v) is 2.95. The van der Waals surface area contributed by atoms with Gasteiger partial charge in [0.25, 0.3) is 0 Å². The van der Waals surface area contributed by atoms with E-state index >= 15 is 0 Å². The van der Waals surface area contributed by atoms with Crippen molar-refractivity contribution < 1.29 is 4.74 Å². The molecule has 2 aromatic rings. The zero-order chi connectivity index (χ0) is 14.9. The van der Waals surface area contributed by atoms with E-state index in [0.29, 0.717) is 0 Å². The molecule has 0 unspecified atom stereocenters. The summed E-state index contributed by atoms with van der Waals surface area (Å²) in [5, 5.41) is 6.81. The second-order valence-electron chi connectivity index (χ2n) is 5.06. The Balaban J connectivity index is 1.80. The number of aromatic nitrogens is 1. The molecule has 1 heterocycles. The predicted molar refractivity (Wildman–Crippen MR) is 90.2 cm³/mol. The van der Waals surface area contributed by atoms with Gasteiger partial charge < -0.3 is 10.1 Å².